The van der Waals surface area contributed by atoms with Gasteiger partial charge in [0.1, 0.15) is 0 Å². The van der Waals surface area contributed by atoms with Crippen LogP contribution in [0, 0.1) is 5.41 Å². The largest absolute Gasteiger partial charge is 0.481 e. The summed E-state index contributed by atoms with van der Waals surface area (Å²) in [4.78, 5) is 22.1. The fourth-order valence-corrected chi connectivity index (χ4v) is 4.57. The molecule has 0 aromatic carbocycles. The first-order valence-corrected chi connectivity index (χ1v) is 8.25. The highest BCUT2D eigenvalue weighted by atomic mass is 32.2. The third-order valence-corrected chi connectivity index (χ3v) is 6.23. The number of nitrogens with one attached hydrogen (secondary N) is 1. The van der Waals surface area contributed by atoms with E-state index in [1.807, 2.05) is 0 Å². The molecule has 1 unspecified atom stereocenters. The zero-order valence-electron chi connectivity index (χ0n) is 11.4. The third kappa shape index (κ3) is 3.04. The number of nitrogens with zero attached hydrogens (tertiary/aromatic N) is 3. The van der Waals surface area contributed by atoms with Crippen molar-refractivity contribution in [2.45, 2.75) is 24.6 Å². The quantitative estimate of drug-likeness (QED) is 0.740. The van der Waals surface area contributed by atoms with Crippen LogP contribution in [0.15, 0.2) is 4.34 Å². The first-order valence-electron chi connectivity index (χ1n) is 6.00. The van der Waals surface area contributed by atoms with Crippen LogP contribution in [0.3, 0.4) is 0 Å². The summed E-state index contributed by atoms with van der Waals surface area (Å²) in [6.45, 7) is 2.78. The molecule has 9 nitrogen and oxygen atoms in total. The van der Waals surface area contributed by atoms with Crippen LogP contribution in [-0.2, 0) is 19.6 Å². The van der Waals surface area contributed by atoms with E-state index in [4.69, 9.17) is 5.11 Å². The van der Waals surface area contributed by atoms with Gasteiger partial charge in [-0.05, 0) is 13.3 Å². The van der Waals surface area contributed by atoms with E-state index in [1.165, 1.54) is 13.8 Å². The summed E-state index contributed by atoms with van der Waals surface area (Å²) < 4.78 is 25.6. The molecule has 1 fully saturated rings. The first kappa shape index (κ1) is 15.8. The number of hydrogen-bond acceptors (Lipinski definition) is 7. The number of rotatable bonds is 4. The van der Waals surface area contributed by atoms with E-state index in [0.29, 0.717) is 0 Å². The Morgan fingerprint density at radius 2 is 2.10 bits per heavy atom. The van der Waals surface area contributed by atoms with Gasteiger partial charge in [0.05, 0.1) is 5.41 Å². The van der Waals surface area contributed by atoms with Crippen LogP contribution in [0.4, 0.5) is 5.13 Å². The average Bonchev–Trinajstić information content (AvgIpc) is 2.96. The molecule has 0 saturated carbocycles. The molecule has 0 spiro atoms. The van der Waals surface area contributed by atoms with Gasteiger partial charge in [-0.2, -0.15) is 4.31 Å². The molecular formula is C10H14N4O5S2. The minimum Gasteiger partial charge on any atom is -0.481 e. The van der Waals surface area contributed by atoms with Gasteiger partial charge in [0.2, 0.25) is 15.4 Å². The Morgan fingerprint density at radius 1 is 1.43 bits per heavy atom. The predicted octanol–water partition coefficient (Wildman–Crippen LogP) is -0.0182. The van der Waals surface area contributed by atoms with Gasteiger partial charge in [0, 0.05) is 20.0 Å². The van der Waals surface area contributed by atoms with E-state index < -0.39 is 21.4 Å². The van der Waals surface area contributed by atoms with Crippen LogP contribution < -0.4 is 5.32 Å². The first-order chi connectivity index (χ1) is 9.65. The highest BCUT2D eigenvalue weighted by Crippen LogP contribution is 2.34. The van der Waals surface area contributed by atoms with E-state index in [9.17, 15) is 18.0 Å². The number of aliphatic carboxylic acids is 1. The van der Waals surface area contributed by atoms with Crippen molar-refractivity contribution in [2.75, 3.05) is 18.4 Å². The minimum atomic E-state index is -3.89. The Labute approximate surface area is 125 Å². The van der Waals surface area contributed by atoms with E-state index in [0.717, 1.165) is 15.6 Å². The lowest BCUT2D eigenvalue weighted by Gasteiger charge is -2.18. The Hall–Kier alpha value is -1.59. The van der Waals surface area contributed by atoms with E-state index in [-0.39, 0.29) is 34.9 Å². The van der Waals surface area contributed by atoms with Gasteiger partial charge in [-0.3, -0.25) is 9.59 Å². The van der Waals surface area contributed by atoms with Crippen LogP contribution in [0.1, 0.15) is 20.3 Å². The SMILES string of the molecule is CC(=O)Nc1nnc(S(=O)(=O)N2CCC(C)(C(=O)O)C2)s1. The molecule has 2 rings (SSSR count). The molecule has 11 heteroatoms. The fourth-order valence-electron chi connectivity index (χ4n) is 1.92. The Morgan fingerprint density at radius 3 is 2.62 bits per heavy atom. The van der Waals surface area contributed by atoms with Gasteiger partial charge >= 0.3 is 5.97 Å². The number of amides is 1. The van der Waals surface area contributed by atoms with Gasteiger partial charge in [0.15, 0.2) is 0 Å². The van der Waals surface area contributed by atoms with Crippen LogP contribution in [0.25, 0.3) is 0 Å². The van der Waals surface area contributed by atoms with Crippen LogP contribution in [0.2, 0.25) is 0 Å². The molecule has 2 N–H and O–H groups in total. The molecule has 1 saturated heterocycles. The number of carbonyl (C=O) groups excluding carboxylic acids is 1. The van der Waals surface area contributed by atoms with E-state index >= 15 is 0 Å². The predicted molar refractivity (Wildman–Crippen MR) is 73.3 cm³/mol. The Kier molecular flexibility index (Phi) is 4.00. The molecule has 1 amide bonds. The van der Waals surface area contributed by atoms with Crippen molar-refractivity contribution < 1.29 is 23.1 Å². The average molecular weight is 334 g/mol. The van der Waals surface area contributed by atoms with Gasteiger partial charge in [-0.25, -0.2) is 8.42 Å². The van der Waals surface area contributed by atoms with Gasteiger partial charge in [-0.15, -0.1) is 10.2 Å². The summed E-state index contributed by atoms with van der Waals surface area (Å²) in [5.74, 6) is -1.41. The zero-order chi connectivity index (χ0) is 15.8. The van der Waals surface area contributed by atoms with Crippen molar-refractivity contribution >= 4 is 38.4 Å². The fraction of sp³-hybridized carbons (Fsp3) is 0.600. The Bertz CT molecular complexity index is 685. The number of carboxylic acids is 1. The molecule has 0 aliphatic carbocycles. The molecule has 116 valence electrons. The van der Waals surface area contributed by atoms with Crippen LogP contribution in [-0.4, -0.2) is 53.0 Å². The maximum absolute atomic E-state index is 12.4. The molecule has 1 aromatic rings. The molecule has 21 heavy (non-hydrogen) atoms. The lowest BCUT2D eigenvalue weighted by Crippen LogP contribution is -2.34. The summed E-state index contributed by atoms with van der Waals surface area (Å²) in [7, 11) is -3.89. The number of sulfonamides is 1. The maximum atomic E-state index is 12.4. The van der Waals surface area contributed by atoms with Crippen molar-refractivity contribution in [1.82, 2.24) is 14.5 Å². The van der Waals surface area contributed by atoms with Crippen molar-refractivity contribution in [3.05, 3.63) is 0 Å². The number of hydrogen-bond donors (Lipinski definition) is 2. The normalized spacial score (nSPS) is 23.1. The molecule has 0 bridgehead atoms. The van der Waals surface area contributed by atoms with Crippen molar-refractivity contribution in [1.29, 1.82) is 0 Å². The van der Waals surface area contributed by atoms with Crippen molar-refractivity contribution in [3.8, 4) is 0 Å². The van der Waals surface area contributed by atoms with Crippen molar-refractivity contribution in [2.24, 2.45) is 5.41 Å². The molecule has 1 aliphatic rings. The van der Waals surface area contributed by atoms with Crippen molar-refractivity contribution in [3.63, 3.8) is 0 Å². The van der Waals surface area contributed by atoms with Gasteiger partial charge in [0.25, 0.3) is 10.0 Å². The van der Waals surface area contributed by atoms with Gasteiger partial charge < -0.3 is 10.4 Å². The molecule has 1 atom stereocenters. The highest BCUT2D eigenvalue weighted by Gasteiger charge is 2.45. The molecular weight excluding hydrogens is 320 g/mol. The van der Waals surface area contributed by atoms with E-state index in [1.54, 1.807) is 0 Å². The minimum absolute atomic E-state index is 0.0845. The topological polar surface area (TPSA) is 130 Å². The summed E-state index contributed by atoms with van der Waals surface area (Å²) in [6, 6.07) is 0. The summed E-state index contributed by atoms with van der Waals surface area (Å²) in [5, 5.41) is 18.7. The Balaban J connectivity index is 2.21. The second-order valence-electron chi connectivity index (χ2n) is 5.01. The van der Waals surface area contributed by atoms with E-state index in [2.05, 4.69) is 15.5 Å². The highest BCUT2D eigenvalue weighted by molar-refractivity contribution is 7.91. The molecule has 2 heterocycles. The smallest absolute Gasteiger partial charge is 0.310 e. The van der Waals surface area contributed by atoms with Gasteiger partial charge in [-0.1, -0.05) is 11.3 Å². The summed E-state index contributed by atoms with van der Waals surface area (Å²) >= 11 is 0.732. The second-order valence-corrected chi connectivity index (χ2v) is 8.10. The molecule has 1 aliphatic heterocycles. The second kappa shape index (κ2) is 5.31. The zero-order valence-corrected chi connectivity index (χ0v) is 13.0. The number of carboxylic acid groups (broad SMARTS) is 1. The molecule has 1 aromatic heterocycles. The number of carbonyl (C=O) groups is 2. The molecule has 0 radical (unpaired) electrons. The standard InChI is InChI=1S/C10H14N4O5S2/c1-6(15)11-8-12-13-9(20-8)21(18,19)14-4-3-10(2,5-14)7(16)17/h3-5H2,1-2H3,(H,16,17)(H,11,12,15). The lowest BCUT2D eigenvalue weighted by atomic mass is 9.90. The maximum Gasteiger partial charge on any atom is 0.310 e. The number of anilines is 1. The summed E-state index contributed by atoms with van der Waals surface area (Å²) in [5.41, 5.74) is -1.10. The lowest BCUT2D eigenvalue weighted by molar-refractivity contribution is -0.146. The van der Waals surface area contributed by atoms with Crippen LogP contribution >= 0.6 is 11.3 Å². The summed E-state index contributed by atoms with van der Waals surface area (Å²) in [6.07, 6.45) is 0.235. The van der Waals surface area contributed by atoms with Crippen LogP contribution in [0.5, 0.6) is 0 Å². The third-order valence-electron chi connectivity index (χ3n) is 3.20. The monoisotopic (exact) mass is 334 g/mol. The number of aromatic nitrogens is 2.